The molecule has 1 aliphatic heterocycles. The van der Waals surface area contributed by atoms with Gasteiger partial charge in [-0.2, -0.15) is 0 Å². The number of hydrogen-bond donors (Lipinski definition) is 2. The maximum Gasteiger partial charge on any atom is 0.255 e. The summed E-state index contributed by atoms with van der Waals surface area (Å²) >= 11 is 0. The summed E-state index contributed by atoms with van der Waals surface area (Å²) in [6.07, 6.45) is 2.91. The van der Waals surface area contributed by atoms with Gasteiger partial charge in [-0.25, -0.2) is 4.98 Å². The maximum absolute atomic E-state index is 13.3. The number of Topliss-reactive ketones (excluding diaryl/α,β-unsaturated/α-hetero) is 1. The SMILES string of the molecule is COc1ccc([C@@H]2C(C(=O)Nc3ccccn3)=C(C)NC3=C2C(=O)C[C@@H](C)C3)cc1. The summed E-state index contributed by atoms with van der Waals surface area (Å²) in [5, 5.41) is 6.23. The third kappa shape index (κ3) is 3.73. The molecule has 1 amide bonds. The number of carbonyl (C=O) groups is 2. The van der Waals surface area contributed by atoms with Crippen molar-refractivity contribution in [1.82, 2.24) is 10.3 Å². The van der Waals surface area contributed by atoms with Crippen molar-refractivity contribution in [3.05, 3.63) is 76.8 Å². The lowest BCUT2D eigenvalue weighted by Gasteiger charge is -2.36. The molecule has 0 fully saturated rings. The quantitative estimate of drug-likeness (QED) is 0.808. The Hall–Kier alpha value is -3.41. The molecule has 2 N–H and O–H groups in total. The van der Waals surface area contributed by atoms with Crippen LogP contribution in [0.4, 0.5) is 5.82 Å². The summed E-state index contributed by atoms with van der Waals surface area (Å²) in [6, 6.07) is 12.9. The van der Waals surface area contributed by atoms with Crippen LogP contribution < -0.4 is 15.4 Å². The lowest BCUT2D eigenvalue weighted by Crippen LogP contribution is -2.37. The van der Waals surface area contributed by atoms with Crippen LogP contribution in [0.15, 0.2) is 71.2 Å². The Balaban J connectivity index is 1.79. The third-order valence-electron chi connectivity index (χ3n) is 5.63. The Labute approximate surface area is 176 Å². The highest BCUT2D eigenvalue weighted by Crippen LogP contribution is 2.43. The van der Waals surface area contributed by atoms with Gasteiger partial charge in [-0.05, 0) is 49.1 Å². The van der Waals surface area contributed by atoms with E-state index < -0.39 is 5.92 Å². The smallest absolute Gasteiger partial charge is 0.255 e. The van der Waals surface area contributed by atoms with Gasteiger partial charge in [0.1, 0.15) is 11.6 Å². The van der Waals surface area contributed by atoms with Crippen molar-refractivity contribution >= 4 is 17.5 Å². The summed E-state index contributed by atoms with van der Waals surface area (Å²) in [5.74, 6) is 0.864. The van der Waals surface area contributed by atoms with Crippen LogP contribution >= 0.6 is 0 Å². The molecular formula is C24H25N3O3. The van der Waals surface area contributed by atoms with Gasteiger partial charge in [0.25, 0.3) is 5.91 Å². The molecule has 6 heteroatoms. The minimum atomic E-state index is -0.434. The van der Waals surface area contributed by atoms with Gasteiger partial charge in [0.05, 0.1) is 7.11 Å². The zero-order valence-electron chi connectivity index (χ0n) is 17.4. The number of aromatic nitrogens is 1. The normalized spacial score (nSPS) is 21.1. The number of carbonyl (C=O) groups excluding carboxylic acids is 2. The topological polar surface area (TPSA) is 80.3 Å². The van der Waals surface area contributed by atoms with Crippen LogP contribution in [0, 0.1) is 5.92 Å². The molecule has 4 rings (SSSR count). The van der Waals surface area contributed by atoms with Gasteiger partial charge in [0.2, 0.25) is 0 Å². The molecule has 1 aromatic carbocycles. The van der Waals surface area contributed by atoms with Crippen LogP contribution in [-0.4, -0.2) is 23.8 Å². The number of rotatable bonds is 4. The van der Waals surface area contributed by atoms with Gasteiger partial charge in [0.15, 0.2) is 5.78 Å². The van der Waals surface area contributed by atoms with Crippen molar-refractivity contribution in [2.75, 3.05) is 12.4 Å². The Bertz CT molecular complexity index is 1040. The monoisotopic (exact) mass is 403 g/mol. The fraction of sp³-hybridized carbons (Fsp3) is 0.292. The van der Waals surface area contributed by atoms with Gasteiger partial charge in [0, 0.05) is 41.1 Å². The number of methoxy groups -OCH3 is 1. The molecule has 0 saturated carbocycles. The molecule has 0 bridgehead atoms. The second kappa shape index (κ2) is 8.14. The highest BCUT2D eigenvalue weighted by Gasteiger charge is 2.39. The van der Waals surface area contributed by atoms with Gasteiger partial charge in [-0.3, -0.25) is 9.59 Å². The first-order chi connectivity index (χ1) is 14.5. The van der Waals surface area contributed by atoms with E-state index in [2.05, 4.69) is 22.5 Å². The van der Waals surface area contributed by atoms with Crippen molar-refractivity contribution in [1.29, 1.82) is 0 Å². The highest BCUT2D eigenvalue weighted by atomic mass is 16.5. The predicted molar refractivity (Wildman–Crippen MR) is 115 cm³/mol. The van der Waals surface area contributed by atoms with Gasteiger partial charge in [-0.15, -0.1) is 0 Å². The van der Waals surface area contributed by atoms with E-state index in [1.165, 1.54) is 0 Å². The van der Waals surface area contributed by atoms with Gasteiger partial charge < -0.3 is 15.4 Å². The van der Waals surface area contributed by atoms with Gasteiger partial charge >= 0.3 is 0 Å². The summed E-state index contributed by atoms with van der Waals surface area (Å²) in [5.41, 5.74) is 3.79. The minimum absolute atomic E-state index is 0.0905. The largest absolute Gasteiger partial charge is 0.497 e. The zero-order chi connectivity index (χ0) is 21.3. The number of pyridine rings is 1. The number of nitrogens with zero attached hydrogens (tertiary/aromatic N) is 1. The maximum atomic E-state index is 13.3. The number of anilines is 1. The summed E-state index contributed by atoms with van der Waals surface area (Å²) in [6.45, 7) is 3.96. The van der Waals surface area contributed by atoms with E-state index in [1.807, 2.05) is 37.3 Å². The van der Waals surface area contributed by atoms with E-state index >= 15 is 0 Å². The summed E-state index contributed by atoms with van der Waals surface area (Å²) < 4.78 is 5.28. The van der Waals surface area contributed by atoms with Crippen LogP contribution in [0.3, 0.4) is 0 Å². The predicted octanol–water partition coefficient (Wildman–Crippen LogP) is 3.94. The standard InChI is InChI=1S/C24H25N3O3/c1-14-12-18-23(19(28)13-14)22(16-7-9-17(30-3)10-8-16)21(15(2)26-18)24(29)27-20-6-4-5-11-25-20/h4-11,14,22,26H,12-13H2,1-3H3,(H,25,27,29)/t14-,22+/m0/s1. The Kier molecular flexibility index (Phi) is 5.40. The molecule has 0 saturated heterocycles. The molecule has 2 aliphatic rings. The van der Waals surface area contributed by atoms with E-state index in [4.69, 9.17) is 4.74 Å². The molecule has 0 spiro atoms. The molecule has 0 radical (unpaired) electrons. The Morgan fingerprint density at radius 1 is 1.17 bits per heavy atom. The Morgan fingerprint density at radius 2 is 1.93 bits per heavy atom. The number of dihydropyridines is 1. The van der Waals surface area contributed by atoms with Gasteiger partial charge in [-0.1, -0.05) is 25.1 Å². The fourth-order valence-corrected chi connectivity index (χ4v) is 4.28. The summed E-state index contributed by atoms with van der Waals surface area (Å²) in [4.78, 5) is 30.6. The number of benzene rings is 1. The number of ether oxygens (including phenoxy) is 1. The molecule has 1 aliphatic carbocycles. The Morgan fingerprint density at radius 3 is 2.60 bits per heavy atom. The minimum Gasteiger partial charge on any atom is -0.497 e. The van der Waals surface area contributed by atoms with Crippen LogP contribution in [-0.2, 0) is 9.59 Å². The molecule has 0 unspecified atom stereocenters. The van der Waals surface area contributed by atoms with E-state index in [-0.39, 0.29) is 17.6 Å². The number of hydrogen-bond acceptors (Lipinski definition) is 5. The first-order valence-electron chi connectivity index (χ1n) is 10.1. The van der Waals surface area contributed by atoms with Crippen LogP contribution in [0.25, 0.3) is 0 Å². The second-order valence-electron chi connectivity index (χ2n) is 7.87. The molecule has 2 aromatic rings. The number of nitrogens with one attached hydrogen (secondary N) is 2. The average Bonchev–Trinajstić information content (AvgIpc) is 2.73. The van der Waals surface area contributed by atoms with E-state index in [0.717, 1.165) is 29.1 Å². The highest BCUT2D eigenvalue weighted by molar-refractivity contribution is 6.09. The molecule has 1 aromatic heterocycles. The molecular weight excluding hydrogens is 378 g/mol. The first kappa shape index (κ1) is 19.9. The van der Waals surface area contributed by atoms with Crippen molar-refractivity contribution in [3.63, 3.8) is 0 Å². The third-order valence-corrected chi connectivity index (χ3v) is 5.63. The number of allylic oxidation sites excluding steroid dienone is 3. The van der Waals surface area contributed by atoms with Crippen molar-refractivity contribution in [2.24, 2.45) is 5.92 Å². The lowest BCUT2D eigenvalue weighted by molar-refractivity contribution is -0.117. The van der Waals surface area contributed by atoms with Crippen molar-refractivity contribution in [2.45, 2.75) is 32.6 Å². The molecule has 6 nitrogen and oxygen atoms in total. The number of ketones is 1. The van der Waals surface area contributed by atoms with E-state index in [9.17, 15) is 9.59 Å². The van der Waals surface area contributed by atoms with Crippen molar-refractivity contribution < 1.29 is 14.3 Å². The average molecular weight is 403 g/mol. The fourth-order valence-electron chi connectivity index (χ4n) is 4.28. The molecule has 154 valence electrons. The van der Waals surface area contributed by atoms with E-state index in [0.29, 0.717) is 23.4 Å². The van der Waals surface area contributed by atoms with Crippen LogP contribution in [0.2, 0.25) is 0 Å². The zero-order valence-corrected chi connectivity index (χ0v) is 17.4. The second-order valence-corrected chi connectivity index (χ2v) is 7.87. The molecule has 30 heavy (non-hydrogen) atoms. The summed E-state index contributed by atoms with van der Waals surface area (Å²) in [7, 11) is 1.61. The number of amides is 1. The van der Waals surface area contributed by atoms with Crippen molar-refractivity contribution in [3.8, 4) is 5.75 Å². The molecule has 2 heterocycles. The van der Waals surface area contributed by atoms with E-state index in [1.54, 1.807) is 25.4 Å². The molecule has 2 atom stereocenters. The van der Waals surface area contributed by atoms with Crippen LogP contribution in [0.1, 0.15) is 38.2 Å². The lowest BCUT2D eigenvalue weighted by atomic mass is 9.73. The van der Waals surface area contributed by atoms with Crippen LogP contribution in [0.5, 0.6) is 5.75 Å². The first-order valence-corrected chi connectivity index (χ1v) is 10.1.